The van der Waals surface area contributed by atoms with Crippen LogP contribution in [0.4, 0.5) is 0 Å². The van der Waals surface area contributed by atoms with Crippen molar-refractivity contribution in [2.45, 2.75) is 38.7 Å². The molecule has 0 saturated carbocycles. The molecule has 5 N–H and O–H groups in total. The molecule has 1 aliphatic heterocycles. The summed E-state index contributed by atoms with van der Waals surface area (Å²) in [5.41, 5.74) is -1.20. The van der Waals surface area contributed by atoms with Crippen molar-refractivity contribution in [1.29, 1.82) is 0 Å². The van der Waals surface area contributed by atoms with E-state index < -0.39 is 53.2 Å². The first-order valence-electron chi connectivity index (χ1n) is 7.38. The summed E-state index contributed by atoms with van der Waals surface area (Å²) in [5.74, 6) is 0. The van der Waals surface area contributed by atoms with Crippen LogP contribution >= 0.6 is 23.5 Å². The number of aromatic nitrogens is 2. The Morgan fingerprint density at radius 2 is 1.75 bits per heavy atom. The predicted molar refractivity (Wildman–Crippen MR) is 89.0 cm³/mol. The summed E-state index contributed by atoms with van der Waals surface area (Å²) in [4.78, 5) is 61.1. The third-order valence-electron chi connectivity index (χ3n) is 3.47. The van der Waals surface area contributed by atoms with Gasteiger partial charge in [0, 0.05) is 18.2 Å². The van der Waals surface area contributed by atoms with Gasteiger partial charge in [-0.15, -0.1) is 0 Å². The van der Waals surface area contributed by atoms with Crippen molar-refractivity contribution < 1.29 is 51.2 Å². The molecule has 1 fully saturated rings. The van der Waals surface area contributed by atoms with Gasteiger partial charge in [0.1, 0.15) is 6.23 Å². The molecule has 5 atom stereocenters. The molecule has 160 valence electrons. The Kier molecular flexibility index (Phi) is 6.71. The van der Waals surface area contributed by atoms with Crippen LogP contribution in [0.3, 0.4) is 0 Å². The van der Waals surface area contributed by atoms with Gasteiger partial charge in [-0.2, -0.15) is 8.62 Å². The number of nitrogens with zero attached hydrogens (tertiary/aromatic N) is 1. The zero-order valence-electron chi connectivity index (χ0n) is 14.3. The van der Waals surface area contributed by atoms with Crippen LogP contribution in [0.2, 0.25) is 0 Å². The van der Waals surface area contributed by atoms with Gasteiger partial charge in [0.05, 0.1) is 12.2 Å². The molecule has 15 nitrogen and oxygen atoms in total. The van der Waals surface area contributed by atoms with Crippen LogP contribution in [0.15, 0.2) is 15.8 Å². The van der Waals surface area contributed by atoms with Crippen LogP contribution in [-0.2, 0) is 31.6 Å². The standard InChI is InChI=1S/C10H17N2O13P3/c1-5-4-12(10(14)11-9(5)13)8-3-7(6(2)22-8)23-27(18,19)25-28(20,21)24-26(15,16)17/h4,6-8H,3H2,1-2H3,(H,18,19)(H,20,21)(H,11,13,14)(H2,15,16,17)/t6-,7?,8-/m1/s1. The molecule has 0 aliphatic carbocycles. The molecule has 1 aromatic rings. The van der Waals surface area contributed by atoms with E-state index in [1.165, 1.54) is 20.0 Å². The van der Waals surface area contributed by atoms with Crippen molar-refractivity contribution in [2.75, 3.05) is 0 Å². The highest BCUT2D eigenvalue weighted by molar-refractivity contribution is 7.66. The van der Waals surface area contributed by atoms with E-state index in [-0.39, 0.29) is 12.0 Å². The van der Waals surface area contributed by atoms with E-state index in [4.69, 9.17) is 23.9 Å². The van der Waals surface area contributed by atoms with Crippen molar-refractivity contribution in [3.05, 3.63) is 32.6 Å². The van der Waals surface area contributed by atoms with Gasteiger partial charge in [0.2, 0.25) is 0 Å². The van der Waals surface area contributed by atoms with Gasteiger partial charge in [0.15, 0.2) is 0 Å². The van der Waals surface area contributed by atoms with E-state index >= 15 is 0 Å². The zero-order chi connectivity index (χ0) is 21.5. The average Bonchev–Trinajstić information content (AvgIpc) is 2.78. The van der Waals surface area contributed by atoms with Crippen LogP contribution in [0, 0.1) is 6.92 Å². The maximum atomic E-state index is 11.9. The highest BCUT2D eigenvalue weighted by Gasteiger charge is 2.45. The van der Waals surface area contributed by atoms with Crippen molar-refractivity contribution in [2.24, 2.45) is 0 Å². The summed E-state index contributed by atoms with van der Waals surface area (Å²) in [6, 6.07) is 0. The number of ether oxygens (including phenoxy) is 1. The molecule has 0 aromatic carbocycles. The van der Waals surface area contributed by atoms with E-state index in [9.17, 15) is 28.2 Å². The second-order valence-corrected chi connectivity index (χ2v) is 10.1. The smallest absolute Gasteiger partial charge is 0.352 e. The van der Waals surface area contributed by atoms with Crippen molar-refractivity contribution in [1.82, 2.24) is 9.55 Å². The van der Waals surface area contributed by atoms with Crippen molar-refractivity contribution in [3.8, 4) is 0 Å². The van der Waals surface area contributed by atoms with E-state index in [0.29, 0.717) is 0 Å². The summed E-state index contributed by atoms with van der Waals surface area (Å²) >= 11 is 0. The predicted octanol–water partition coefficient (Wildman–Crippen LogP) is -0.136. The van der Waals surface area contributed by atoms with Gasteiger partial charge in [-0.05, 0) is 13.8 Å². The number of hydrogen-bond donors (Lipinski definition) is 5. The van der Waals surface area contributed by atoms with E-state index in [0.717, 1.165) is 4.57 Å². The highest BCUT2D eigenvalue weighted by atomic mass is 31.3. The molecular formula is C10H17N2O13P3. The number of phosphoric ester groups is 1. The summed E-state index contributed by atoms with van der Waals surface area (Å²) in [7, 11) is -16.5. The fourth-order valence-electron chi connectivity index (χ4n) is 2.36. The molecule has 0 radical (unpaired) electrons. The lowest BCUT2D eigenvalue weighted by Gasteiger charge is -2.20. The van der Waals surface area contributed by atoms with Crippen molar-refractivity contribution in [3.63, 3.8) is 0 Å². The monoisotopic (exact) mass is 466 g/mol. The second-order valence-electron chi connectivity index (χ2n) is 5.75. The van der Waals surface area contributed by atoms with Crippen LogP contribution in [0.5, 0.6) is 0 Å². The van der Waals surface area contributed by atoms with Crippen molar-refractivity contribution >= 4 is 23.5 Å². The maximum Gasteiger partial charge on any atom is 0.490 e. The number of aromatic amines is 1. The Bertz CT molecular complexity index is 995. The van der Waals surface area contributed by atoms with Crippen LogP contribution < -0.4 is 11.2 Å². The van der Waals surface area contributed by atoms with Gasteiger partial charge in [-0.1, -0.05) is 0 Å². The minimum atomic E-state index is -5.64. The molecule has 0 amide bonds. The summed E-state index contributed by atoms with van der Waals surface area (Å²) in [6.45, 7) is 2.84. The molecule has 3 unspecified atom stereocenters. The third-order valence-corrected chi connectivity index (χ3v) is 7.33. The lowest BCUT2D eigenvalue weighted by atomic mass is 10.2. The van der Waals surface area contributed by atoms with Crippen LogP contribution in [0.1, 0.15) is 25.1 Å². The van der Waals surface area contributed by atoms with Gasteiger partial charge < -0.3 is 24.3 Å². The fraction of sp³-hybridized carbons (Fsp3) is 0.600. The number of nitrogens with one attached hydrogen (secondary N) is 1. The number of hydrogen-bond acceptors (Lipinski definition) is 9. The van der Waals surface area contributed by atoms with Gasteiger partial charge in [-0.25, -0.2) is 18.5 Å². The quantitative estimate of drug-likeness (QED) is 0.331. The second kappa shape index (κ2) is 8.05. The summed E-state index contributed by atoms with van der Waals surface area (Å²) in [5, 5.41) is 0. The van der Waals surface area contributed by atoms with E-state index in [2.05, 4.69) is 13.6 Å². The number of rotatable bonds is 7. The minimum Gasteiger partial charge on any atom is -0.352 e. The van der Waals surface area contributed by atoms with Gasteiger partial charge in [-0.3, -0.25) is 18.9 Å². The van der Waals surface area contributed by atoms with E-state index in [1.54, 1.807) is 0 Å². The first-order chi connectivity index (χ1) is 12.6. The zero-order valence-corrected chi connectivity index (χ0v) is 17.0. The average molecular weight is 466 g/mol. The Morgan fingerprint density at radius 1 is 1.14 bits per heavy atom. The third kappa shape index (κ3) is 6.28. The molecule has 2 heterocycles. The lowest BCUT2D eigenvalue weighted by molar-refractivity contribution is -0.0103. The fourth-order valence-corrected chi connectivity index (χ4v) is 5.62. The first kappa shape index (κ1) is 23.3. The highest BCUT2D eigenvalue weighted by Crippen LogP contribution is 2.67. The molecule has 28 heavy (non-hydrogen) atoms. The molecule has 1 aliphatic rings. The number of phosphoric acid groups is 3. The summed E-state index contributed by atoms with van der Waals surface area (Å²) < 4.78 is 52.3. The lowest BCUT2D eigenvalue weighted by Crippen LogP contribution is -2.33. The maximum absolute atomic E-state index is 11.9. The largest absolute Gasteiger partial charge is 0.490 e. The Labute approximate surface area is 156 Å². The summed E-state index contributed by atoms with van der Waals surface area (Å²) in [6.07, 6.45) is -2.12. The molecule has 1 aromatic heterocycles. The molecule has 0 bridgehead atoms. The normalized spacial score (nSPS) is 27.3. The molecule has 18 heteroatoms. The molecule has 0 spiro atoms. The van der Waals surface area contributed by atoms with E-state index in [1.807, 2.05) is 0 Å². The Morgan fingerprint density at radius 3 is 2.32 bits per heavy atom. The molecule has 2 rings (SSSR count). The minimum absolute atomic E-state index is 0.199. The Hall–Kier alpha value is -0.950. The first-order valence-corrected chi connectivity index (χ1v) is 11.9. The Balaban J connectivity index is 2.13. The van der Waals surface area contributed by atoms with Crippen LogP contribution in [0.25, 0.3) is 0 Å². The van der Waals surface area contributed by atoms with Crippen LogP contribution in [-0.4, -0.2) is 41.3 Å². The number of aryl methyl sites for hydroxylation is 1. The molecular weight excluding hydrogens is 449 g/mol. The SMILES string of the molecule is Cc1cn([C@H]2CC(OP(=O)(O)OP(=O)(O)OP(=O)(O)O)[C@@H](C)O2)c(=O)[nH]c1=O. The number of H-pyrrole nitrogens is 1. The van der Waals surface area contributed by atoms with Gasteiger partial charge >= 0.3 is 29.2 Å². The topological polar surface area (TPSA) is 224 Å². The molecule has 1 saturated heterocycles. The van der Waals surface area contributed by atoms with Gasteiger partial charge in [0.25, 0.3) is 5.56 Å².